The van der Waals surface area contributed by atoms with Crippen LogP contribution in [0, 0.1) is 17.0 Å². The first-order chi connectivity index (χ1) is 14.0. The SMILES string of the molecule is Cc1cccc2sc(N3CCN(CCNC(=O)c4ccc([N+](=O)[O-])o4)CC3)nc12. The van der Waals surface area contributed by atoms with Crippen molar-refractivity contribution >= 4 is 38.5 Å². The molecule has 1 aliphatic heterocycles. The van der Waals surface area contributed by atoms with Crippen molar-refractivity contribution in [1.82, 2.24) is 15.2 Å². The summed E-state index contributed by atoms with van der Waals surface area (Å²) in [5.41, 5.74) is 2.28. The van der Waals surface area contributed by atoms with Crippen LogP contribution >= 0.6 is 11.3 Å². The van der Waals surface area contributed by atoms with E-state index in [2.05, 4.69) is 40.2 Å². The average Bonchev–Trinajstić information content (AvgIpc) is 3.37. The molecule has 0 spiro atoms. The third-order valence-electron chi connectivity index (χ3n) is 4.96. The van der Waals surface area contributed by atoms with E-state index in [9.17, 15) is 14.9 Å². The molecule has 0 aliphatic carbocycles. The van der Waals surface area contributed by atoms with E-state index in [0.717, 1.165) is 36.8 Å². The van der Waals surface area contributed by atoms with E-state index in [4.69, 9.17) is 9.40 Å². The predicted molar refractivity (Wildman–Crippen MR) is 111 cm³/mol. The number of furan rings is 1. The van der Waals surface area contributed by atoms with Crippen LogP contribution in [-0.4, -0.2) is 60.0 Å². The molecule has 2 aromatic heterocycles. The largest absolute Gasteiger partial charge is 0.433 e. The van der Waals surface area contributed by atoms with Gasteiger partial charge in [0.15, 0.2) is 10.9 Å². The maximum absolute atomic E-state index is 12.0. The van der Waals surface area contributed by atoms with E-state index >= 15 is 0 Å². The van der Waals surface area contributed by atoms with Crippen LogP contribution in [0.2, 0.25) is 0 Å². The summed E-state index contributed by atoms with van der Waals surface area (Å²) in [5, 5.41) is 14.4. The zero-order chi connectivity index (χ0) is 20.4. The normalized spacial score (nSPS) is 15.0. The molecule has 29 heavy (non-hydrogen) atoms. The van der Waals surface area contributed by atoms with Gasteiger partial charge in [-0.3, -0.25) is 19.8 Å². The molecule has 0 radical (unpaired) electrons. The molecule has 1 saturated heterocycles. The number of fused-ring (bicyclic) bond motifs is 1. The summed E-state index contributed by atoms with van der Waals surface area (Å²) >= 11 is 1.72. The highest BCUT2D eigenvalue weighted by atomic mass is 32.1. The number of amides is 1. The van der Waals surface area contributed by atoms with Crippen LogP contribution in [0.3, 0.4) is 0 Å². The Morgan fingerprint density at radius 1 is 1.28 bits per heavy atom. The third kappa shape index (κ3) is 4.22. The molecule has 1 fully saturated rings. The van der Waals surface area contributed by atoms with Crippen molar-refractivity contribution in [3.8, 4) is 0 Å². The number of hydrogen-bond donors (Lipinski definition) is 1. The van der Waals surface area contributed by atoms with Gasteiger partial charge in [-0.1, -0.05) is 23.5 Å². The maximum atomic E-state index is 12.0. The molecule has 0 atom stereocenters. The van der Waals surface area contributed by atoms with Gasteiger partial charge in [0.25, 0.3) is 5.91 Å². The fraction of sp³-hybridized carbons (Fsp3) is 0.368. The number of hydrogen-bond acceptors (Lipinski definition) is 8. The third-order valence-corrected chi connectivity index (χ3v) is 6.04. The number of anilines is 1. The van der Waals surface area contributed by atoms with Crippen LogP contribution in [0.25, 0.3) is 10.2 Å². The zero-order valence-electron chi connectivity index (χ0n) is 16.0. The van der Waals surface area contributed by atoms with Crippen LogP contribution < -0.4 is 10.2 Å². The van der Waals surface area contributed by atoms with Gasteiger partial charge >= 0.3 is 5.88 Å². The number of thiazole rings is 1. The highest BCUT2D eigenvalue weighted by Gasteiger charge is 2.21. The molecular weight excluding hydrogens is 394 g/mol. The number of nitrogens with one attached hydrogen (secondary N) is 1. The lowest BCUT2D eigenvalue weighted by molar-refractivity contribution is -0.402. The number of benzene rings is 1. The zero-order valence-corrected chi connectivity index (χ0v) is 16.8. The summed E-state index contributed by atoms with van der Waals surface area (Å²) in [6.45, 7) is 6.79. The number of aryl methyl sites for hydroxylation is 1. The summed E-state index contributed by atoms with van der Waals surface area (Å²) in [5.74, 6) is -0.925. The molecule has 1 amide bonds. The molecule has 152 valence electrons. The summed E-state index contributed by atoms with van der Waals surface area (Å²) in [6.07, 6.45) is 0. The minimum Gasteiger partial charge on any atom is -0.395 e. The van der Waals surface area contributed by atoms with Crippen LogP contribution in [0.4, 0.5) is 11.0 Å². The number of carbonyl (C=O) groups is 1. The smallest absolute Gasteiger partial charge is 0.395 e. The molecule has 0 saturated carbocycles. The number of piperazine rings is 1. The summed E-state index contributed by atoms with van der Waals surface area (Å²) in [4.78, 5) is 31.4. The Labute approximate surface area is 171 Å². The van der Waals surface area contributed by atoms with Crippen molar-refractivity contribution in [2.45, 2.75) is 6.92 Å². The molecule has 1 aliphatic rings. The predicted octanol–water partition coefficient (Wildman–Crippen LogP) is 2.66. The van der Waals surface area contributed by atoms with Gasteiger partial charge in [0.2, 0.25) is 0 Å². The molecule has 9 nitrogen and oxygen atoms in total. The van der Waals surface area contributed by atoms with Crippen LogP contribution in [0.5, 0.6) is 0 Å². The molecule has 10 heteroatoms. The minimum absolute atomic E-state index is 0.0485. The first-order valence-corrected chi connectivity index (χ1v) is 10.2. The van der Waals surface area contributed by atoms with E-state index in [1.54, 1.807) is 11.3 Å². The van der Waals surface area contributed by atoms with Crippen molar-refractivity contribution in [2.24, 2.45) is 0 Å². The molecule has 4 rings (SSSR count). The van der Waals surface area contributed by atoms with Crippen LogP contribution in [-0.2, 0) is 0 Å². The topological polar surface area (TPSA) is 105 Å². The van der Waals surface area contributed by atoms with E-state index < -0.39 is 16.7 Å². The fourth-order valence-electron chi connectivity index (χ4n) is 3.34. The molecule has 1 N–H and O–H groups in total. The quantitative estimate of drug-likeness (QED) is 0.487. The van der Waals surface area contributed by atoms with Gasteiger partial charge in [-0.15, -0.1) is 0 Å². The Morgan fingerprint density at radius 3 is 2.76 bits per heavy atom. The lowest BCUT2D eigenvalue weighted by Crippen LogP contribution is -2.48. The standard InChI is InChI=1S/C19H21N5O4S/c1-13-3-2-4-15-17(13)21-19(29-15)23-11-9-22(10-12-23)8-7-20-18(25)14-5-6-16(28-14)24(26)27/h2-6H,7-12H2,1H3,(H,20,25). The summed E-state index contributed by atoms with van der Waals surface area (Å²) < 4.78 is 6.12. The Bertz CT molecular complexity index is 1040. The highest BCUT2D eigenvalue weighted by Crippen LogP contribution is 2.30. The molecule has 0 unspecified atom stereocenters. The summed E-state index contributed by atoms with van der Waals surface area (Å²) in [7, 11) is 0. The molecule has 3 heterocycles. The lowest BCUT2D eigenvalue weighted by atomic mass is 10.2. The molecule has 3 aromatic rings. The summed E-state index contributed by atoms with van der Waals surface area (Å²) in [6, 6.07) is 8.74. The van der Waals surface area contributed by atoms with E-state index in [1.165, 1.54) is 22.4 Å². The van der Waals surface area contributed by atoms with Crippen molar-refractivity contribution in [2.75, 3.05) is 44.2 Å². The minimum atomic E-state index is -0.664. The van der Waals surface area contributed by atoms with Crippen molar-refractivity contribution < 1.29 is 14.1 Å². The van der Waals surface area contributed by atoms with Gasteiger partial charge in [-0.2, -0.15) is 0 Å². The van der Waals surface area contributed by atoms with Gasteiger partial charge in [0, 0.05) is 39.3 Å². The lowest BCUT2D eigenvalue weighted by Gasteiger charge is -2.34. The first-order valence-electron chi connectivity index (χ1n) is 9.37. The van der Waals surface area contributed by atoms with E-state index in [0.29, 0.717) is 13.1 Å². The number of rotatable bonds is 6. The number of aromatic nitrogens is 1. The number of carbonyl (C=O) groups excluding carboxylic acids is 1. The van der Waals surface area contributed by atoms with Gasteiger partial charge in [-0.05, 0) is 24.6 Å². The Morgan fingerprint density at radius 2 is 2.07 bits per heavy atom. The first kappa shape index (κ1) is 19.3. The second-order valence-electron chi connectivity index (χ2n) is 6.90. The maximum Gasteiger partial charge on any atom is 0.433 e. The number of para-hydroxylation sites is 1. The Hall–Kier alpha value is -2.98. The van der Waals surface area contributed by atoms with Crippen molar-refractivity contribution in [3.05, 3.63) is 51.8 Å². The number of nitrogens with zero attached hydrogens (tertiary/aromatic N) is 4. The number of nitro groups is 1. The molecule has 1 aromatic carbocycles. The second kappa shape index (κ2) is 8.18. The van der Waals surface area contributed by atoms with Gasteiger partial charge in [0.1, 0.15) is 4.92 Å². The van der Waals surface area contributed by atoms with Crippen molar-refractivity contribution in [1.29, 1.82) is 0 Å². The Balaban J connectivity index is 1.25. The van der Waals surface area contributed by atoms with Crippen LogP contribution in [0.15, 0.2) is 34.7 Å². The fourth-order valence-corrected chi connectivity index (χ4v) is 4.43. The van der Waals surface area contributed by atoms with E-state index in [1.807, 2.05) is 0 Å². The van der Waals surface area contributed by atoms with Gasteiger partial charge < -0.3 is 14.6 Å². The van der Waals surface area contributed by atoms with Crippen molar-refractivity contribution in [3.63, 3.8) is 0 Å². The second-order valence-corrected chi connectivity index (χ2v) is 7.91. The Kier molecular flexibility index (Phi) is 5.45. The monoisotopic (exact) mass is 415 g/mol. The van der Waals surface area contributed by atoms with E-state index in [-0.39, 0.29) is 5.76 Å². The molecule has 0 bridgehead atoms. The van der Waals surface area contributed by atoms with Gasteiger partial charge in [0.05, 0.1) is 16.3 Å². The highest BCUT2D eigenvalue weighted by molar-refractivity contribution is 7.22. The average molecular weight is 415 g/mol. The van der Waals surface area contributed by atoms with Gasteiger partial charge in [-0.25, -0.2) is 4.98 Å². The van der Waals surface area contributed by atoms with Crippen LogP contribution in [0.1, 0.15) is 16.1 Å². The molecular formula is C19H21N5O4S.